The molecule has 0 aromatic heterocycles. The van der Waals surface area contributed by atoms with Crippen LogP contribution in [0.1, 0.15) is 16.8 Å². The molecule has 0 atom stereocenters. The van der Waals surface area contributed by atoms with Crippen LogP contribution in [0.4, 0.5) is 22.0 Å². The molecule has 1 aliphatic rings. The average Bonchev–Trinajstić information content (AvgIpc) is 2.53. The van der Waals surface area contributed by atoms with E-state index in [2.05, 4.69) is 4.74 Å². The monoisotopic (exact) mass is 366 g/mol. The number of benzene rings is 1. The first kappa shape index (κ1) is 18.9. The molecular weight excluding hydrogens is 351 g/mol. The van der Waals surface area contributed by atoms with E-state index in [1.54, 1.807) is 0 Å². The second-order valence-electron chi connectivity index (χ2n) is 5.34. The number of amides is 2. The van der Waals surface area contributed by atoms with Gasteiger partial charge in [0.1, 0.15) is 12.2 Å². The number of hydrogen-bond acceptors (Lipinski definition) is 3. The summed E-state index contributed by atoms with van der Waals surface area (Å²) in [5, 5.41) is 0. The van der Waals surface area contributed by atoms with E-state index in [9.17, 15) is 31.5 Å². The van der Waals surface area contributed by atoms with Crippen LogP contribution in [-0.2, 0) is 4.79 Å². The van der Waals surface area contributed by atoms with Crippen molar-refractivity contribution in [3.63, 3.8) is 0 Å². The van der Waals surface area contributed by atoms with Gasteiger partial charge in [0.05, 0.1) is 5.56 Å². The van der Waals surface area contributed by atoms with E-state index in [1.807, 2.05) is 0 Å². The lowest BCUT2D eigenvalue weighted by molar-refractivity contribution is -0.162. The minimum absolute atomic E-state index is 0.00540. The Bertz CT molecular complexity index is 628. The Morgan fingerprint density at radius 2 is 1.60 bits per heavy atom. The molecule has 5 nitrogen and oxygen atoms in total. The lowest BCUT2D eigenvalue weighted by Crippen LogP contribution is -2.51. The van der Waals surface area contributed by atoms with Gasteiger partial charge in [-0.05, 0) is 12.1 Å². The van der Waals surface area contributed by atoms with Crippen molar-refractivity contribution in [2.45, 2.75) is 19.2 Å². The summed E-state index contributed by atoms with van der Waals surface area (Å²) < 4.78 is 65.8. The lowest BCUT2D eigenvalue weighted by atomic mass is 10.1. The highest BCUT2D eigenvalue weighted by Gasteiger charge is 2.35. The van der Waals surface area contributed by atoms with Crippen LogP contribution in [0.3, 0.4) is 0 Å². The van der Waals surface area contributed by atoms with E-state index in [0.717, 1.165) is 4.90 Å². The van der Waals surface area contributed by atoms with E-state index in [1.165, 1.54) is 29.2 Å². The molecule has 1 aromatic rings. The Morgan fingerprint density at radius 3 is 2.16 bits per heavy atom. The number of nitrogens with zero attached hydrogens (tertiary/aromatic N) is 2. The quantitative estimate of drug-likeness (QED) is 0.770. The molecule has 1 fully saturated rings. The number of ether oxygens (including phenoxy) is 1. The van der Waals surface area contributed by atoms with Crippen LogP contribution in [-0.4, -0.2) is 60.6 Å². The van der Waals surface area contributed by atoms with Crippen molar-refractivity contribution in [1.82, 2.24) is 9.80 Å². The van der Waals surface area contributed by atoms with Crippen molar-refractivity contribution in [2.24, 2.45) is 0 Å². The van der Waals surface area contributed by atoms with E-state index >= 15 is 0 Å². The van der Waals surface area contributed by atoms with Gasteiger partial charge in [-0.15, -0.1) is 0 Å². The maximum atomic E-state index is 12.4. The zero-order valence-electron chi connectivity index (χ0n) is 12.9. The number of para-hydroxylation sites is 1. The van der Waals surface area contributed by atoms with Gasteiger partial charge >= 0.3 is 12.8 Å². The van der Waals surface area contributed by atoms with Crippen molar-refractivity contribution in [3.8, 4) is 5.75 Å². The normalized spacial score (nSPS) is 15.4. The lowest BCUT2D eigenvalue weighted by Gasteiger charge is -2.35. The second-order valence-corrected chi connectivity index (χ2v) is 5.34. The van der Waals surface area contributed by atoms with Crippen LogP contribution in [0, 0.1) is 0 Å². The molecule has 0 N–H and O–H groups in total. The highest BCUT2D eigenvalue weighted by Crippen LogP contribution is 2.24. The third kappa shape index (κ3) is 5.30. The summed E-state index contributed by atoms with van der Waals surface area (Å²) in [5.74, 6) is -1.92. The topological polar surface area (TPSA) is 49.9 Å². The van der Waals surface area contributed by atoms with E-state index in [0.29, 0.717) is 0 Å². The maximum absolute atomic E-state index is 12.4. The van der Waals surface area contributed by atoms with Crippen LogP contribution in [0.25, 0.3) is 0 Å². The maximum Gasteiger partial charge on any atom is 0.397 e. The minimum atomic E-state index is -4.59. The zero-order chi connectivity index (χ0) is 18.6. The molecule has 0 radical (unpaired) electrons. The van der Waals surface area contributed by atoms with E-state index in [4.69, 9.17) is 0 Å². The molecule has 0 aliphatic carbocycles. The van der Waals surface area contributed by atoms with Crippen LogP contribution < -0.4 is 4.74 Å². The van der Waals surface area contributed by atoms with Gasteiger partial charge in [0.25, 0.3) is 5.91 Å². The fraction of sp³-hybridized carbons (Fsp3) is 0.467. The highest BCUT2D eigenvalue weighted by molar-refractivity contribution is 5.97. The smallest absolute Gasteiger partial charge is 0.397 e. The van der Waals surface area contributed by atoms with Gasteiger partial charge in [0.15, 0.2) is 0 Å². The number of rotatable bonds is 4. The van der Waals surface area contributed by atoms with E-state index in [-0.39, 0.29) is 37.5 Å². The minimum Gasteiger partial charge on any atom is -0.434 e. The van der Waals surface area contributed by atoms with Crippen molar-refractivity contribution in [2.75, 3.05) is 26.2 Å². The standard InChI is InChI=1S/C15H15F5N2O3/c16-14(17)25-11-4-2-1-3-10(11)13(24)22-7-5-21(6-8-22)12(23)9-15(18,19)20/h1-4,14H,5-9H2. The molecule has 1 heterocycles. The third-order valence-corrected chi connectivity index (χ3v) is 3.60. The van der Waals surface area contributed by atoms with Gasteiger partial charge < -0.3 is 14.5 Å². The van der Waals surface area contributed by atoms with Gasteiger partial charge in [-0.2, -0.15) is 22.0 Å². The molecular formula is C15H15F5N2O3. The summed E-state index contributed by atoms with van der Waals surface area (Å²) in [6, 6.07) is 5.46. The molecule has 1 aromatic carbocycles. The number of piperazine rings is 1. The Hall–Kier alpha value is -2.39. The van der Waals surface area contributed by atoms with Crippen molar-refractivity contribution >= 4 is 11.8 Å². The zero-order valence-corrected chi connectivity index (χ0v) is 12.9. The SMILES string of the molecule is O=C(CC(F)(F)F)N1CCN(C(=O)c2ccccc2OC(F)F)CC1. The summed E-state index contributed by atoms with van der Waals surface area (Å²) in [4.78, 5) is 26.3. The number of carbonyl (C=O) groups is 2. The molecule has 138 valence electrons. The molecule has 0 bridgehead atoms. The van der Waals surface area contributed by atoms with E-state index < -0.39 is 31.0 Å². The van der Waals surface area contributed by atoms with Crippen LogP contribution >= 0.6 is 0 Å². The van der Waals surface area contributed by atoms with Crippen LogP contribution in [0.2, 0.25) is 0 Å². The summed E-state index contributed by atoms with van der Waals surface area (Å²) in [7, 11) is 0. The number of alkyl halides is 5. The highest BCUT2D eigenvalue weighted by atomic mass is 19.4. The third-order valence-electron chi connectivity index (χ3n) is 3.60. The van der Waals surface area contributed by atoms with Crippen molar-refractivity contribution in [3.05, 3.63) is 29.8 Å². The predicted molar refractivity (Wildman–Crippen MR) is 76.2 cm³/mol. The average molecular weight is 366 g/mol. The first-order valence-electron chi connectivity index (χ1n) is 7.35. The Kier molecular flexibility index (Phi) is 5.81. The molecule has 25 heavy (non-hydrogen) atoms. The Morgan fingerprint density at radius 1 is 1.04 bits per heavy atom. The Labute approximate surface area is 139 Å². The first-order chi connectivity index (χ1) is 11.7. The van der Waals surface area contributed by atoms with Crippen molar-refractivity contribution < 1.29 is 36.3 Å². The summed E-state index contributed by atoms with van der Waals surface area (Å²) in [6.45, 7) is -3.20. The molecule has 10 heteroatoms. The van der Waals surface area contributed by atoms with Crippen LogP contribution in [0.5, 0.6) is 5.75 Å². The van der Waals surface area contributed by atoms with Gasteiger partial charge in [-0.3, -0.25) is 9.59 Å². The summed E-state index contributed by atoms with van der Waals surface area (Å²) in [6.07, 6.45) is -6.14. The van der Waals surface area contributed by atoms with Crippen LogP contribution in [0.15, 0.2) is 24.3 Å². The first-order valence-corrected chi connectivity index (χ1v) is 7.35. The molecule has 2 rings (SSSR count). The van der Waals surface area contributed by atoms with Gasteiger partial charge in [-0.25, -0.2) is 0 Å². The number of hydrogen-bond donors (Lipinski definition) is 0. The van der Waals surface area contributed by atoms with Gasteiger partial charge in [-0.1, -0.05) is 12.1 Å². The van der Waals surface area contributed by atoms with Crippen molar-refractivity contribution in [1.29, 1.82) is 0 Å². The van der Waals surface area contributed by atoms with Gasteiger partial charge in [0.2, 0.25) is 5.91 Å². The molecule has 1 saturated heterocycles. The molecule has 1 aliphatic heterocycles. The molecule has 2 amide bonds. The molecule has 0 unspecified atom stereocenters. The fourth-order valence-corrected chi connectivity index (χ4v) is 2.45. The Balaban J connectivity index is 1.99. The predicted octanol–water partition coefficient (Wildman–Crippen LogP) is 2.52. The largest absolute Gasteiger partial charge is 0.434 e. The fourth-order valence-electron chi connectivity index (χ4n) is 2.45. The number of carbonyl (C=O) groups excluding carboxylic acids is 2. The number of halogens is 5. The summed E-state index contributed by atoms with van der Waals surface area (Å²) >= 11 is 0. The summed E-state index contributed by atoms with van der Waals surface area (Å²) in [5.41, 5.74) is -0.0714. The molecule has 0 saturated carbocycles. The van der Waals surface area contributed by atoms with Gasteiger partial charge in [0, 0.05) is 26.2 Å². The second kappa shape index (κ2) is 7.66. The molecule has 0 spiro atoms.